The highest BCUT2D eigenvalue weighted by atomic mass is 16.5. The van der Waals surface area contributed by atoms with Gasteiger partial charge in [-0.3, -0.25) is 9.59 Å². The summed E-state index contributed by atoms with van der Waals surface area (Å²) in [5.74, 6) is -1.89. The van der Waals surface area contributed by atoms with Crippen LogP contribution in [0.5, 0.6) is 0 Å². The number of ether oxygens (including phenoxy) is 1. The largest absolute Gasteiger partial charge is 0.481 e. The third-order valence-corrected chi connectivity index (χ3v) is 0.523. The summed E-state index contributed by atoms with van der Waals surface area (Å²) < 4.78 is 4.04. The number of hydrogen-bond donors (Lipinski definition) is 1. The molecule has 4 heteroatoms. The predicted octanol–water partition coefficient (Wildman–Crippen LogP) is 0.436. The van der Waals surface area contributed by atoms with Gasteiger partial charge >= 0.3 is 11.9 Å². The summed E-state index contributed by atoms with van der Waals surface area (Å²) in [5, 5.41) is 7.91. The minimum atomic E-state index is -1.17. The van der Waals surface area contributed by atoms with Gasteiger partial charge in [0.15, 0.2) is 0 Å². The van der Waals surface area contributed by atoms with Crippen molar-refractivity contribution in [3.05, 3.63) is 13.2 Å². The van der Waals surface area contributed by atoms with Crippen LogP contribution in [0.2, 0.25) is 0 Å². The first-order valence-electron chi connectivity index (χ1n) is 2.45. The highest BCUT2D eigenvalue weighted by Crippen LogP contribution is 1.80. The number of carbonyl (C=O) groups is 2. The molecule has 0 fully saturated rings. The number of carboxylic acids is 1. The predicted molar refractivity (Wildman–Crippen MR) is 35.5 cm³/mol. The molecule has 1 N–H and O–H groups in total. The normalized spacial score (nSPS) is 6.90. The van der Waals surface area contributed by atoms with Crippen LogP contribution in [0.25, 0.3) is 0 Å². The molecule has 0 aromatic carbocycles. The molecule has 0 saturated heterocycles. The summed E-state index contributed by atoms with van der Waals surface area (Å²) in [5.41, 5.74) is 0. The highest BCUT2D eigenvalue weighted by Gasteiger charge is 2.04. The van der Waals surface area contributed by atoms with Crippen LogP contribution in [0, 0.1) is 0 Å². The second-order valence-corrected chi connectivity index (χ2v) is 1.15. The van der Waals surface area contributed by atoms with Gasteiger partial charge in [-0.05, 0) is 0 Å². The minimum Gasteiger partial charge on any atom is -0.481 e. The molecule has 0 saturated carbocycles. The number of hydrogen-bond acceptors (Lipinski definition) is 3. The van der Waals surface area contributed by atoms with Gasteiger partial charge in [0.1, 0.15) is 6.42 Å². The van der Waals surface area contributed by atoms with Gasteiger partial charge in [0, 0.05) is 0 Å². The molecular formula is C6H10O4. The van der Waals surface area contributed by atoms with Gasteiger partial charge in [0.2, 0.25) is 0 Å². The molecule has 0 rings (SSSR count). The van der Waals surface area contributed by atoms with Crippen molar-refractivity contribution in [2.45, 2.75) is 6.42 Å². The highest BCUT2D eigenvalue weighted by molar-refractivity contribution is 5.89. The second-order valence-electron chi connectivity index (χ2n) is 1.15. The van der Waals surface area contributed by atoms with Crippen molar-refractivity contribution < 1.29 is 19.4 Å². The van der Waals surface area contributed by atoms with Crippen LogP contribution in [0.15, 0.2) is 13.2 Å². The SMILES string of the molecule is C=C.COC(=O)CC(=O)O. The van der Waals surface area contributed by atoms with Gasteiger partial charge in [-0.2, -0.15) is 0 Å². The Bertz CT molecular complexity index is 119. The summed E-state index contributed by atoms with van der Waals surface area (Å²) in [6, 6.07) is 0. The van der Waals surface area contributed by atoms with Gasteiger partial charge in [-0.1, -0.05) is 0 Å². The summed E-state index contributed by atoms with van der Waals surface area (Å²) >= 11 is 0. The van der Waals surface area contributed by atoms with Crippen molar-refractivity contribution >= 4 is 11.9 Å². The molecule has 0 aromatic heterocycles. The maximum Gasteiger partial charge on any atom is 0.316 e. The Hall–Kier alpha value is -1.32. The fourth-order valence-corrected chi connectivity index (χ4v) is 0.196. The van der Waals surface area contributed by atoms with Crippen LogP contribution in [-0.2, 0) is 14.3 Å². The van der Waals surface area contributed by atoms with E-state index in [1.54, 1.807) is 0 Å². The number of carbonyl (C=O) groups excluding carboxylic acids is 1. The van der Waals surface area contributed by atoms with Crippen LogP contribution >= 0.6 is 0 Å². The average molecular weight is 146 g/mol. The molecule has 0 bridgehead atoms. The van der Waals surface area contributed by atoms with Gasteiger partial charge in [0.25, 0.3) is 0 Å². The molecule has 0 spiro atoms. The quantitative estimate of drug-likeness (QED) is 0.348. The van der Waals surface area contributed by atoms with E-state index in [1.807, 2.05) is 0 Å². The minimum absolute atomic E-state index is 0.559. The zero-order valence-corrected chi connectivity index (χ0v) is 5.79. The zero-order valence-electron chi connectivity index (χ0n) is 5.79. The Morgan fingerprint density at radius 2 is 1.90 bits per heavy atom. The lowest BCUT2D eigenvalue weighted by molar-refractivity contribution is -0.149. The summed E-state index contributed by atoms with van der Waals surface area (Å²) in [6.45, 7) is 6.00. The summed E-state index contributed by atoms with van der Waals surface area (Å²) in [6.07, 6.45) is -0.559. The molecule has 0 aliphatic heterocycles. The molecule has 0 aromatic rings. The zero-order chi connectivity index (χ0) is 8.57. The Kier molecular flexibility index (Phi) is 8.81. The Morgan fingerprint density at radius 3 is 2.00 bits per heavy atom. The van der Waals surface area contributed by atoms with Gasteiger partial charge in [0.05, 0.1) is 7.11 Å². The third kappa shape index (κ3) is 9.84. The van der Waals surface area contributed by atoms with Crippen LogP contribution in [0.4, 0.5) is 0 Å². The van der Waals surface area contributed by atoms with Crippen LogP contribution < -0.4 is 0 Å². The fraction of sp³-hybridized carbons (Fsp3) is 0.333. The Labute approximate surface area is 59.1 Å². The van der Waals surface area contributed by atoms with E-state index in [9.17, 15) is 9.59 Å². The van der Waals surface area contributed by atoms with Crippen molar-refractivity contribution in [3.8, 4) is 0 Å². The van der Waals surface area contributed by atoms with E-state index in [1.165, 1.54) is 0 Å². The molecule has 58 valence electrons. The first-order chi connectivity index (χ1) is 4.66. The van der Waals surface area contributed by atoms with E-state index in [2.05, 4.69) is 17.9 Å². The number of aliphatic carboxylic acids is 1. The fourth-order valence-electron chi connectivity index (χ4n) is 0.196. The topological polar surface area (TPSA) is 63.6 Å². The molecule has 0 heterocycles. The van der Waals surface area contributed by atoms with Gasteiger partial charge in [-0.15, -0.1) is 13.2 Å². The molecule has 0 radical (unpaired) electrons. The maximum atomic E-state index is 10.0. The standard InChI is InChI=1S/C4H6O4.C2H4/c1-8-4(7)2-3(5)6;1-2/h2H2,1H3,(H,5,6);1-2H2. The lowest BCUT2D eigenvalue weighted by atomic mass is 10.4. The van der Waals surface area contributed by atoms with Crippen molar-refractivity contribution in [2.24, 2.45) is 0 Å². The van der Waals surface area contributed by atoms with Crippen LogP contribution in [0.1, 0.15) is 6.42 Å². The number of esters is 1. The molecule has 0 aliphatic carbocycles. The molecule has 0 amide bonds. The van der Waals surface area contributed by atoms with Gasteiger partial charge in [-0.25, -0.2) is 0 Å². The molecule has 0 unspecified atom stereocenters. The van der Waals surface area contributed by atoms with Crippen LogP contribution in [0.3, 0.4) is 0 Å². The Morgan fingerprint density at radius 1 is 1.50 bits per heavy atom. The first-order valence-corrected chi connectivity index (χ1v) is 2.45. The lowest BCUT2D eigenvalue weighted by Crippen LogP contribution is -2.07. The van der Waals surface area contributed by atoms with Gasteiger partial charge < -0.3 is 9.84 Å². The van der Waals surface area contributed by atoms with Crippen molar-refractivity contribution in [1.29, 1.82) is 0 Å². The lowest BCUT2D eigenvalue weighted by Gasteiger charge is -1.90. The van der Waals surface area contributed by atoms with E-state index in [4.69, 9.17) is 5.11 Å². The van der Waals surface area contributed by atoms with E-state index in [0.29, 0.717) is 0 Å². The van der Waals surface area contributed by atoms with Crippen molar-refractivity contribution in [1.82, 2.24) is 0 Å². The van der Waals surface area contributed by atoms with Crippen LogP contribution in [-0.4, -0.2) is 24.2 Å². The van der Waals surface area contributed by atoms with E-state index in [-0.39, 0.29) is 0 Å². The monoisotopic (exact) mass is 146 g/mol. The smallest absolute Gasteiger partial charge is 0.316 e. The van der Waals surface area contributed by atoms with E-state index in [0.717, 1.165) is 7.11 Å². The molecule has 0 atom stereocenters. The summed E-state index contributed by atoms with van der Waals surface area (Å²) in [4.78, 5) is 19.7. The molecule has 4 nitrogen and oxygen atoms in total. The number of carboxylic acid groups (broad SMARTS) is 1. The molecular weight excluding hydrogens is 136 g/mol. The number of methoxy groups -OCH3 is 1. The van der Waals surface area contributed by atoms with Crippen molar-refractivity contribution in [2.75, 3.05) is 7.11 Å². The maximum absolute atomic E-state index is 10.0. The Balaban J connectivity index is 0. The van der Waals surface area contributed by atoms with E-state index < -0.39 is 18.4 Å². The van der Waals surface area contributed by atoms with Crippen molar-refractivity contribution in [3.63, 3.8) is 0 Å². The second kappa shape index (κ2) is 7.68. The molecule has 10 heavy (non-hydrogen) atoms. The van der Waals surface area contributed by atoms with E-state index >= 15 is 0 Å². The summed E-state index contributed by atoms with van der Waals surface area (Å²) in [7, 11) is 1.14. The molecule has 0 aliphatic rings. The first kappa shape index (κ1) is 11.5. The average Bonchev–Trinajstić information content (AvgIpc) is 1.91. The number of rotatable bonds is 2. The third-order valence-electron chi connectivity index (χ3n) is 0.523.